The summed E-state index contributed by atoms with van der Waals surface area (Å²) in [7, 11) is 0. The van der Waals surface area contributed by atoms with E-state index in [0.717, 1.165) is 12.0 Å². The van der Waals surface area contributed by atoms with Crippen molar-refractivity contribution >= 4 is 11.9 Å². The van der Waals surface area contributed by atoms with E-state index in [9.17, 15) is 14.4 Å². The van der Waals surface area contributed by atoms with Gasteiger partial charge in [0.15, 0.2) is 0 Å². The number of pyridine rings is 1. The van der Waals surface area contributed by atoms with E-state index < -0.39 is 11.5 Å². The number of carboxylic acid groups (broad SMARTS) is 1. The van der Waals surface area contributed by atoms with Gasteiger partial charge in [0.25, 0.3) is 5.56 Å². The lowest BCUT2D eigenvalue weighted by Gasteiger charge is -2.14. The van der Waals surface area contributed by atoms with Crippen LogP contribution >= 0.6 is 0 Å². The Bertz CT molecular complexity index is 766. The molecule has 23 heavy (non-hydrogen) atoms. The molecule has 0 saturated heterocycles. The maximum atomic E-state index is 12.4. The highest BCUT2D eigenvalue weighted by Crippen LogP contribution is 2.18. The van der Waals surface area contributed by atoms with Crippen molar-refractivity contribution in [2.24, 2.45) is 0 Å². The van der Waals surface area contributed by atoms with E-state index in [0.29, 0.717) is 12.2 Å². The van der Waals surface area contributed by atoms with Gasteiger partial charge in [0.2, 0.25) is 5.91 Å². The number of carboxylic acids is 1. The molecule has 0 fully saturated rings. The van der Waals surface area contributed by atoms with Crippen molar-refractivity contribution in [1.82, 2.24) is 9.88 Å². The molecule has 0 radical (unpaired) electrons. The lowest BCUT2D eigenvalue weighted by Crippen LogP contribution is -2.35. The third kappa shape index (κ3) is 3.85. The molecule has 0 saturated carbocycles. The van der Waals surface area contributed by atoms with Crippen molar-refractivity contribution in [2.75, 3.05) is 6.54 Å². The van der Waals surface area contributed by atoms with Gasteiger partial charge < -0.3 is 10.4 Å². The number of hydrogen-bond donors (Lipinski definition) is 2. The van der Waals surface area contributed by atoms with Crippen LogP contribution in [0.5, 0.6) is 0 Å². The van der Waals surface area contributed by atoms with Crippen LogP contribution in [0.25, 0.3) is 11.3 Å². The number of hydrogen-bond acceptors (Lipinski definition) is 3. The van der Waals surface area contributed by atoms with E-state index in [4.69, 9.17) is 5.11 Å². The maximum absolute atomic E-state index is 12.4. The highest BCUT2D eigenvalue weighted by atomic mass is 16.4. The summed E-state index contributed by atoms with van der Waals surface area (Å²) in [6.45, 7) is 2.21. The molecule has 0 spiro atoms. The second kappa shape index (κ2) is 7.40. The van der Waals surface area contributed by atoms with Gasteiger partial charge in [-0.3, -0.25) is 14.2 Å². The molecule has 0 aliphatic rings. The van der Waals surface area contributed by atoms with Gasteiger partial charge in [-0.15, -0.1) is 0 Å². The third-order valence-electron chi connectivity index (χ3n) is 3.35. The van der Waals surface area contributed by atoms with Gasteiger partial charge in [-0.2, -0.15) is 0 Å². The van der Waals surface area contributed by atoms with E-state index in [2.05, 4.69) is 5.32 Å². The average Bonchev–Trinajstić information content (AvgIpc) is 2.55. The Morgan fingerprint density at radius 3 is 2.43 bits per heavy atom. The first-order valence-corrected chi connectivity index (χ1v) is 7.34. The lowest BCUT2D eigenvalue weighted by atomic mass is 10.1. The molecule has 6 heteroatoms. The topological polar surface area (TPSA) is 88.4 Å². The third-order valence-corrected chi connectivity index (χ3v) is 3.35. The van der Waals surface area contributed by atoms with E-state index >= 15 is 0 Å². The van der Waals surface area contributed by atoms with Crippen molar-refractivity contribution in [3.05, 3.63) is 58.4 Å². The summed E-state index contributed by atoms with van der Waals surface area (Å²) in [5.74, 6) is -1.63. The molecule has 2 N–H and O–H groups in total. The second-order valence-electron chi connectivity index (χ2n) is 5.04. The highest BCUT2D eigenvalue weighted by Gasteiger charge is 2.16. The van der Waals surface area contributed by atoms with E-state index in [-0.39, 0.29) is 18.0 Å². The number of nitrogens with zero attached hydrogens (tertiary/aromatic N) is 1. The van der Waals surface area contributed by atoms with Crippen LogP contribution in [-0.2, 0) is 11.3 Å². The molecular weight excluding hydrogens is 296 g/mol. The van der Waals surface area contributed by atoms with Crippen LogP contribution < -0.4 is 10.9 Å². The zero-order valence-corrected chi connectivity index (χ0v) is 12.8. The summed E-state index contributed by atoms with van der Waals surface area (Å²) < 4.78 is 1.20. The second-order valence-corrected chi connectivity index (χ2v) is 5.04. The van der Waals surface area contributed by atoms with Crippen LogP contribution in [0.15, 0.2) is 47.3 Å². The maximum Gasteiger partial charge on any atom is 0.341 e. The Kier molecular flexibility index (Phi) is 5.30. The van der Waals surface area contributed by atoms with E-state index in [1.807, 2.05) is 25.1 Å². The Morgan fingerprint density at radius 2 is 1.83 bits per heavy atom. The van der Waals surface area contributed by atoms with Gasteiger partial charge >= 0.3 is 5.97 Å². The molecule has 2 aromatic rings. The summed E-state index contributed by atoms with van der Waals surface area (Å²) in [4.78, 5) is 35.6. The lowest BCUT2D eigenvalue weighted by molar-refractivity contribution is -0.121. The predicted molar refractivity (Wildman–Crippen MR) is 86.4 cm³/mol. The molecule has 1 aromatic carbocycles. The van der Waals surface area contributed by atoms with Gasteiger partial charge in [-0.25, -0.2) is 4.79 Å². The standard InChI is InChI=1S/C17H18N2O4/c1-2-10-18-15(20)11-19-14(12-6-4-3-5-7-12)9-8-13(16(19)21)17(22)23/h3-9H,2,10-11H2,1H3,(H,18,20)(H,22,23). The molecule has 6 nitrogen and oxygen atoms in total. The summed E-state index contributed by atoms with van der Waals surface area (Å²) >= 11 is 0. The molecule has 0 bridgehead atoms. The zero-order valence-electron chi connectivity index (χ0n) is 12.8. The first-order valence-electron chi connectivity index (χ1n) is 7.34. The van der Waals surface area contributed by atoms with E-state index in [1.54, 1.807) is 18.2 Å². The molecule has 2 rings (SSSR count). The monoisotopic (exact) mass is 314 g/mol. The first kappa shape index (κ1) is 16.5. The van der Waals surface area contributed by atoms with Crippen molar-refractivity contribution in [3.63, 3.8) is 0 Å². The molecule has 0 atom stereocenters. The molecule has 0 aliphatic carbocycles. The summed E-state index contributed by atoms with van der Waals surface area (Å²) in [6.07, 6.45) is 0.779. The number of carbonyl (C=O) groups excluding carboxylic acids is 1. The molecule has 1 amide bonds. The minimum atomic E-state index is -1.31. The molecule has 120 valence electrons. The van der Waals surface area contributed by atoms with Crippen molar-refractivity contribution in [1.29, 1.82) is 0 Å². The summed E-state index contributed by atoms with van der Waals surface area (Å²) in [5, 5.41) is 11.8. The molecule has 1 aromatic heterocycles. The van der Waals surface area contributed by atoms with Gasteiger partial charge in [0, 0.05) is 6.54 Å². The Balaban J connectivity index is 2.50. The number of carbonyl (C=O) groups is 2. The Hall–Kier alpha value is -2.89. The number of aromatic nitrogens is 1. The molecule has 0 unspecified atom stereocenters. The van der Waals surface area contributed by atoms with Crippen LogP contribution in [0, 0.1) is 0 Å². The molecular formula is C17H18N2O4. The number of amides is 1. The zero-order chi connectivity index (χ0) is 16.8. The van der Waals surface area contributed by atoms with E-state index in [1.165, 1.54) is 10.6 Å². The van der Waals surface area contributed by atoms with Gasteiger partial charge in [0.1, 0.15) is 12.1 Å². The van der Waals surface area contributed by atoms with Gasteiger partial charge in [0.05, 0.1) is 5.69 Å². The average molecular weight is 314 g/mol. The van der Waals surface area contributed by atoms with Crippen molar-refractivity contribution in [2.45, 2.75) is 19.9 Å². The SMILES string of the molecule is CCCNC(=O)Cn1c(-c2ccccc2)ccc(C(=O)O)c1=O. The quantitative estimate of drug-likeness (QED) is 0.850. The largest absolute Gasteiger partial charge is 0.477 e. The van der Waals surface area contributed by atoms with Crippen LogP contribution in [0.2, 0.25) is 0 Å². The fourth-order valence-corrected chi connectivity index (χ4v) is 2.22. The Morgan fingerprint density at radius 1 is 1.13 bits per heavy atom. The van der Waals surface area contributed by atoms with Gasteiger partial charge in [-0.1, -0.05) is 37.3 Å². The predicted octanol–water partition coefficient (Wildman–Crippen LogP) is 1.74. The highest BCUT2D eigenvalue weighted by molar-refractivity contribution is 5.88. The van der Waals surface area contributed by atoms with Crippen LogP contribution in [0.1, 0.15) is 23.7 Å². The van der Waals surface area contributed by atoms with Crippen LogP contribution in [-0.4, -0.2) is 28.1 Å². The Labute approximate surface area is 133 Å². The van der Waals surface area contributed by atoms with Crippen LogP contribution in [0.4, 0.5) is 0 Å². The number of rotatable bonds is 6. The fraction of sp³-hybridized carbons (Fsp3) is 0.235. The van der Waals surface area contributed by atoms with Crippen LogP contribution in [0.3, 0.4) is 0 Å². The minimum absolute atomic E-state index is 0.218. The number of benzene rings is 1. The van der Waals surface area contributed by atoms with Crippen molar-refractivity contribution in [3.8, 4) is 11.3 Å². The summed E-state index contributed by atoms with van der Waals surface area (Å²) in [5.41, 5.74) is 0.204. The minimum Gasteiger partial charge on any atom is -0.477 e. The normalized spacial score (nSPS) is 10.3. The molecule has 0 aliphatic heterocycles. The fourth-order valence-electron chi connectivity index (χ4n) is 2.22. The summed E-state index contributed by atoms with van der Waals surface area (Å²) in [6, 6.07) is 11.9. The smallest absolute Gasteiger partial charge is 0.341 e. The first-order chi connectivity index (χ1) is 11.0. The molecule has 1 heterocycles. The number of aromatic carboxylic acids is 1. The van der Waals surface area contributed by atoms with Gasteiger partial charge in [-0.05, 0) is 24.1 Å². The number of nitrogens with one attached hydrogen (secondary N) is 1. The van der Waals surface area contributed by atoms with Crippen molar-refractivity contribution < 1.29 is 14.7 Å².